The van der Waals surface area contributed by atoms with Gasteiger partial charge in [-0.15, -0.1) is 0 Å². The molecule has 0 amide bonds. The Balaban J connectivity index is 3.46. The average molecular weight is 246 g/mol. The summed E-state index contributed by atoms with van der Waals surface area (Å²) in [5.41, 5.74) is 6.36. The lowest BCUT2D eigenvalue weighted by molar-refractivity contribution is 0.353. The summed E-state index contributed by atoms with van der Waals surface area (Å²) in [6.07, 6.45) is 1.18. The highest BCUT2D eigenvalue weighted by Gasteiger charge is 2.39. The fraction of sp³-hybridized carbons (Fsp3) is 0.700. The first kappa shape index (κ1) is 13.0. The van der Waals surface area contributed by atoms with Gasteiger partial charge in [0.25, 0.3) is 0 Å². The van der Waals surface area contributed by atoms with Crippen LogP contribution in [0, 0.1) is 0 Å². The second-order valence-electron chi connectivity index (χ2n) is 4.75. The standard InChI is InChI=1S/C10H18N2O3S/c1-6(2)7-8(15-12-9(7)11)10(3,4)16(5,13)14/h6H,1-5H3,(H2,11,12). The summed E-state index contributed by atoms with van der Waals surface area (Å²) in [5, 5.41) is 3.66. The third kappa shape index (κ3) is 1.93. The van der Waals surface area contributed by atoms with Crippen molar-refractivity contribution in [3.05, 3.63) is 11.3 Å². The van der Waals surface area contributed by atoms with Gasteiger partial charge in [0.05, 0.1) is 0 Å². The number of rotatable bonds is 3. The van der Waals surface area contributed by atoms with Crippen molar-refractivity contribution in [2.45, 2.75) is 38.4 Å². The number of nitrogen functional groups attached to an aromatic ring is 1. The molecule has 0 unspecified atom stereocenters. The first-order chi connectivity index (χ1) is 7.09. The number of aromatic nitrogens is 1. The van der Waals surface area contributed by atoms with E-state index >= 15 is 0 Å². The van der Waals surface area contributed by atoms with E-state index < -0.39 is 14.6 Å². The molecule has 0 saturated heterocycles. The van der Waals surface area contributed by atoms with Gasteiger partial charge in [-0.3, -0.25) is 0 Å². The maximum atomic E-state index is 11.7. The maximum Gasteiger partial charge on any atom is 0.170 e. The number of hydrogen-bond acceptors (Lipinski definition) is 5. The van der Waals surface area contributed by atoms with Crippen LogP contribution in [0.25, 0.3) is 0 Å². The molecule has 0 radical (unpaired) electrons. The van der Waals surface area contributed by atoms with Crippen molar-refractivity contribution in [1.82, 2.24) is 5.16 Å². The van der Waals surface area contributed by atoms with Crippen LogP contribution in [0.2, 0.25) is 0 Å². The molecule has 1 aromatic rings. The molecule has 2 N–H and O–H groups in total. The number of anilines is 1. The molecule has 0 bridgehead atoms. The first-order valence-electron chi connectivity index (χ1n) is 5.04. The van der Waals surface area contributed by atoms with Crippen molar-refractivity contribution in [3.8, 4) is 0 Å². The fourth-order valence-corrected chi connectivity index (χ4v) is 1.95. The Kier molecular flexibility index (Phi) is 3.06. The quantitative estimate of drug-likeness (QED) is 0.876. The van der Waals surface area contributed by atoms with Crippen molar-refractivity contribution >= 4 is 15.7 Å². The van der Waals surface area contributed by atoms with Crippen LogP contribution in [0.4, 0.5) is 5.82 Å². The van der Waals surface area contributed by atoms with E-state index in [2.05, 4.69) is 5.16 Å². The van der Waals surface area contributed by atoms with Crippen molar-refractivity contribution in [2.24, 2.45) is 0 Å². The normalized spacial score (nSPS) is 13.4. The molecule has 0 aliphatic carbocycles. The predicted molar refractivity (Wildman–Crippen MR) is 62.9 cm³/mol. The highest BCUT2D eigenvalue weighted by Crippen LogP contribution is 2.37. The Labute approximate surface area is 95.9 Å². The summed E-state index contributed by atoms with van der Waals surface area (Å²) in [7, 11) is -3.29. The Morgan fingerprint density at radius 1 is 1.38 bits per heavy atom. The maximum absolute atomic E-state index is 11.7. The average Bonchev–Trinajstić information content (AvgIpc) is 2.45. The van der Waals surface area contributed by atoms with E-state index in [4.69, 9.17) is 10.3 Å². The number of nitrogens with zero attached hydrogens (tertiary/aromatic N) is 1. The van der Waals surface area contributed by atoms with Crippen LogP contribution >= 0.6 is 0 Å². The lowest BCUT2D eigenvalue weighted by Crippen LogP contribution is -2.29. The summed E-state index contributed by atoms with van der Waals surface area (Å²) in [6, 6.07) is 0. The predicted octanol–water partition coefficient (Wildman–Crippen LogP) is 1.66. The smallest absolute Gasteiger partial charge is 0.170 e. The lowest BCUT2D eigenvalue weighted by atomic mass is 9.97. The molecular formula is C10H18N2O3S. The van der Waals surface area contributed by atoms with Crippen LogP contribution < -0.4 is 5.73 Å². The largest absolute Gasteiger partial charge is 0.381 e. The minimum absolute atomic E-state index is 0.0716. The van der Waals surface area contributed by atoms with E-state index in [0.29, 0.717) is 11.3 Å². The molecule has 1 heterocycles. The van der Waals surface area contributed by atoms with E-state index in [0.717, 1.165) is 0 Å². The third-order valence-electron chi connectivity index (χ3n) is 2.81. The van der Waals surface area contributed by atoms with E-state index in [1.54, 1.807) is 13.8 Å². The van der Waals surface area contributed by atoms with Gasteiger partial charge in [0, 0.05) is 11.8 Å². The van der Waals surface area contributed by atoms with Crippen molar-refractivity contribution in [2.75, 3.05) is 12.0 Å². The lowest BCUT2D eigenvalue weighted by Gasteiger charge is -2.21. The molecule has 0 aliphatic rings. The molecule has 0 spiro atoms. The van der Waals surface area contributed by atoms with Gasteiger partial charge in [0.2, 0.25) is 0 Å². The van der Waals surface area contributed by atoms with Gasteiger partial charge in [0.1, 0.15) is 4.75 Å². The number of sulfone groups is 1. The van der Waals surface area contributed by atoms with Gasteiger partial charge in [-0.25, -0.2) is 8.42 Å². The van der Waals surface area contributed by atoms with Crippen LogP contribution in [0.15, 0.2) is 4.52 Å². The molecule has 0 fully saturated rings. The van der Waals surface area contributed by atoms with Crippen molar-refractivity contribution < 1.29 is 12.9 Å². The number of hydrogen-bond donors (Lipinski definition) is 1. The first-order valence-corrected chi connectivity index (χ1v) is 6.93. The van der Waals surface area contributed by atoms with Crippen molar-refractivity contribution in [1.29, 1.82) is 0 Å². The second kappa shape index (κ2) is 3.76. The molecule has 5 nitrogen and oxygen atoms in total. The Morgan fingerprint density at radius 3 is 2.25 bits per heavy atom. The zero-order valence-corrected chi connectivity index (χ0v) is 11.1. The third-order valence-corrected chi connectivity index (χ3v) is 4.85. The van der Waals surface area contributed by atoms with E-state index in [1.807, 2.05) is 13.8 Å². The molecule has 6 heteroatoms. The minimum Gasteiger partial charge on any atom is -0.381 e. The fourth-order valence-electron chi connectivity index (χ4n) is 1.47. The zero-order chi connectivity index (χ0) is 12.7. The Bertz CT molecular complexity index is 486. The van der Waals surface area contributed by atoms with Gasteiger partial charge in [-0.1, -0.05) is 19.0 Å². The monoisotopic (exact) mass is 246 g/mol. The second-order valence-corrected chi connectivity index (χ2v) is 7.31. The summed E-state index contributed by atoms with van der Waals surface area (Å²) in [5.74, 6) is 0.673. The molecule has 92 valence electrons. The minimum atomic E-state index is -3.29. The molecule has 0 aliphatic heterocycles. The molecule has 16 heavy (non-hydrogen) atoms. The van der Waals surface area contributed by atoms with Crippen LogP contribution in [-0.4, -0.2) is 19.8 Å². The molecular weight excluding hydrogens is 228 g/mol. The zero-order valence-electron chi connectivity index (χ0n) is 10.2. The van der Waals surface area contributed by atoms with Gasteiger partial charge < -0.3 is 10.3 Å². The SMILES string of the molecule is CC(C)c1c(N)noc1C(C)(C)S(C)(=O)=O. The molecule has 0 atom stereocenters. The van der Waals surface area contributed by atoms with E-state index in [-0.39, 0.29) is 11.7 Å². The van der Waals surface area contributed by atoms with Gasteiger partial charge >= 0.3 is 0 Å². The van der Waals surface area contributed by atoms with Crippen LogP contribution in [0.3, 0.4) is 0 Å². The van der Waals surface area contributed by atoms with Crippen LogP contribution in [-0.2, 0) is 14.6 Å². The number of nitrogens with two attached hydrogens (primary N) is 1. The van der Waals surface area contributed by atoms with Gasteiger partial charge in [-0.2, -0.15) is 0 Å². The molecule has 1 aromatic heterocycles. The highest BCUT2D eigenvalue weighted by atomic mass is 32.2. The summed E-state index contributed by atoms with van der Waals surface area (Å²) < 4.78 is 27.4. The molecule has 0 saturated carbocycles. The van der Waals surface area contributed by atoms with E-state index in [9.17, 15) is 8.42 Å². The summed E-state index contributed by atoms with van der Waals surface area (Å²) >= 11 is 0. The molecule has 0 aromatic carbocycles. The molecule has 1 rings (SSSR count). The topological polar surface area (TPSA) is 86.2 Å². The van der Waals surface area contributed by atoms with Crippen LogP contribution in [0.5, 0.6) is 0 Å². The van der Waals surface area contributed by atoms with Gasteiger partial charge in [0.15, 0.2) is 21.4 Å². The Morgan fingerprint density at radius 2 is 1.88 bits per heavy atom. The Hall–Kier alpha value is -1.04. The van der Waals surface area contributed by atoms with Crippen LogP contribution in [0.1, 0.15) is 44.9 Å². The van der Waals surface area contributed by atoms with Crippen molar-refractivity contribution in [3.63, 3.8) is 0 Å². The van der Waals surface area contributed by atoms with E-state index in [1.165, 1.54) is 6.26 Å². The van der Waals surface area contributed by atoms with Gasteiger partial charge in [-0.05, 0) is 19.8 Å². The summed E-state index contributed by atoms with van der Waals surface area (Å²) in [6.45, 7) is 7.03. The highest BCUT2D eigenvalue weighted by molar-refractivity contribution is 7.91. The summed E-state index contributed by atoms with van der Waals surface area (Å²) in [4.78, 5) is 0.